The summed E-state index contributed by atoms with van der Waals surface area (Å²) in [5.74, 6) is -25.4. The molecule has 0 bridgehead atoms. The van der Waals surface area contributed by atoms with Crippen molar-refractivity contribution in [2.45, 2.75) is 12.1 Å². The summed E-state index contributed by atoms with van der Waals surface area (Å²) >= 11 is 0. The fourth-order valence-corrected chi connectivity index (χ4v) is 2.13. The standard InChI is InChI=1S/C14H5F10NO/c15-3-1(4(16)8(20)11(23)7(3)19)13(25)14(26)2-5(17)9(21)12(24)10(22)6(2)18/h13-14,26H,25H2/t13-,14-/m1/s1. The van der Waals surface area contributed by atoms with Gasteiger partial charge in [-0.1, -0.05) is 0 Å². The highest BCUT2D eigenvalue weighted by molar-refractivity contribution is 5.32. The number of benzene rings is 2. The molecule has 0 unspecified atom stereocenters. The van der Waals surface area contributed by atoms with Crippen molar-refractivity contribution in [1.29, 1.82) is 0 Å². The summed E-state index contributed by atoms with van der Waals surface area (Å²) < 4.78 is 133. The second-order valence-electron chi connectivity index (χ2n) is 4.94. The van der Waals surface area contributed by atoms with Crippen molar-refractivity contribution in [2.75, 3.05) is 0 Å². The quantitative estimate of drug-likeness (QED) is 0.473. The highest BCUT2D eigenvalue weighted by Gasteiger charge is 2.37. The highest BCUT2D eigenvalue weighted by atomic mass is 19.2. The number of rotatable bonds is 3. The third kappa shape index (κ3) is 2.78. The molecule has 2 atom stereocenters. The fourth-order valence-electron chi connectivity index (χ4n) is 2.13. The molecule has 0 aliphatic carbocycles. The molecule has 142 valence electrons. The molecule has 0 aliphatic rings. The summed E-state index contributed by atoms with van der Waals surface area (Å²) in [5.41, 5.74) is 1.17. The predicted octanol–water partition coefficient (Wildman–Crippen LogP) is 3.81. The van der Waals surface area contributed by atoms with Crippen LogP contribution in [0.4, 0.5) is 43.9 Å². The van der Waals surface area contributed by atoms with Gasteiger partial charge in [-0.2, -0.15) is 0 Å². The highest BCUT2D eigenvalue weighted by Crippen LogP contribution is 2.37. The normalized spacial score (nSPS) is 13.8. The molecule has 0 fully saturated rings. The largest absolute Gasteiger partial charge is 0.386 e. The van der Waals surface area contributed by atoms with E-state index < -0.39 is 81.4 Å². The molecular weight excluding hydrogens is 388 g/mol. The van der Waals surface area contributed by atoms with Crippen molar-refractivity contribution in [3.05, 3.63) is 69.3 Å². The van der Waals surface area contributed by atoms with E-state index in [1.54, 1.807) is 0 Å². The molecule has 3 N–H and O–H groups in total. The molecular formula is C14H5F10NO. The van der Waals surface area contributed by atoms with Gasteiger partial charge in [-0.3, -0.25) is 0 Å². The molecule has 0 amide bonds. The van der Waals surface area contributed by atoms with Crippen LogP contribution in [0.15, 0.2) is 0 Å². The number of aliphatic hydroxyl groups excluding tert-OH is 1. The maximum atomic E-state index is 13.6. The van der Waals surface area contributed by atoms with Gasteiger partial charge in [0.15, 0.2) is 46.5 Å². The van der Waals surface area contributed by atoms with E-state index in [0.29, 0.717) is 0 Å². The first-order chi connectivity index (χ1) is 11.9. The lowest BCUT2D eigenvalue weighted by molar-refractivity contribution is 0.129. The van der Waals surface area contributed by atoms with Crippen molar-refractivity contribution in [3.8, 4) is 0 Å². The smallest absolute Gasteiger partial charge is 0.200 e. The van der Waals surface area contributed by atoms with E-state index in [9.17, 15) is 49.0 Å². The summed E-state index contributed by atoms with van der Waals surface area (Å²) in [4.78, 5) is 0. The maximum Gasteiger partial charge on any atom is 0.200 e. The van der Waals surface area contributed by atoms with E-state index in [0.717, 1.165) is 0 Å². The van der Waals surface area contributed by atoms with E-state index in [4.69, 9.17) is 5.73 Å². The maximum absolute atomic E-state index is 13.6. The molecule has 0 saturated carbocycles. The van der Waals surface area contributed by atoms with Gasteiger partial charge >= 0.3 is 0 Å². The molecule has 2 aromatic rings. The summed E-state index contributed by atoms with van der Waals surface area (Å²) in [7, 11) is 0. The second kappa shape index (κ2) is 6.76. The zero-order valence-electron chi connectivity index (χ0n) is 12.0. The van der Waals surface area contributed by atoms with Crippen LogP contribution >= 0.6 is 0 Å². The van der Waals surface area contributed by atoms with Gasteiger partial charge < -0.3 is 10.8 Å². The molecule has 0 spiro atoms. The molecule has 2 aromatic carbocycles. The lowest BCUT2D eigenvalue weighted by atomic mass is 9.94. The number of nitrogens with two attached hydrogens (primary N) is 1. The summed E-state index contributed by atoms with van der Waals surface area (Å²) in [5, 5.41) is 9.71. The minimum absolute atomic E-state index is 1.90. The average Bonchev–Trinajstić information content (AvgIpc) is 2.61. The Morgan fingerprint density at radius 2 is 0.692 bits per heavy atom. The minimum Gasteiger partial charge on any atom is -0.386 e. The van der Waals surface area contributed by atoms with Gasteiger partial charge in [0, 0.05) is 5.56 Å². The molecule has 0 aliphatic heterocycles. The van der Waals surface area contributed by atoms with Crippen LogP contribution in [-0.2, 0) is 0 Å². The van der Waals surface area contributed by atoms with Gasteiger partial charge in [0.1, 0.15) is 6.10 Å². The van der Waals surface area contributed by atoms with Crippen LogP contribution in [0.5, 0.6) is 0 Å². The molecule has 0 heterocycles. The van der Waals surface area contributed by atoms with Gasteiger partial charge in [-0.05, 0) is 0 Å². The minimum atomic E-state index is -3.05. The van der Waals surface area contributed by atoms with E-state index in [-0.39, 0.29) is 0 Å². The first kappa shape index (κ1) is 20.0. The second-order valence-corrected chi connectivity index (χ2v) is 4.94. The number of halogens is 10. The lowest BCUT2D eigenvalue weighted by Crippen LogP contribution is -2.26. The Kier molecular flexibility index (Phi) is 5.19. The molecule has 0 radical (unpaired) electrons. The Morgan fingerprint density at radius 1 is 0.462 bits per heavy atom. The Balaban J connectivity index is 2.69. The zero-order chi connectivity index (χ0) is 20.1. The summed E-state index contributed by atoms with van der Waals surface area (Å²) in [6, 6.07) is -2.77. The molecule has 2 rings (SSSR count). The van der Waals surface area contributed by atoms with Gasteiger partial charge in [0.05, 0.1) is 11.6 Å². The van der Waals surface area contributed by atoms with Crippen LogP contribution in [0.3, 0.4) is 0 Å². The van der Waals surface area contributed by atoms with E-state index in [1.165, 1.54) is 0 Å². The Labute approximate surface area is 137 Å². The van der Waals surface area contributed by atoms with Gasteiger partial charge in [0.25, 0.3) is 0 Å². The SMILES string of the molecule is N[C@H](c1c(F)c(F)c(F)c(F)c1F)[C@H](O)c1c(F)c(F)c(F)c(F)c1F. The van der Waals surface area contributed by atoms with E-state index in [1.807, 2.05) is 0 Å². The van der Waals surface area contributed by atoms with E-state index >= 15 is 0 Å². The third-order valence-corrected chi connectivity index (χ3v) is 3.46. The van der Waals surface area contributed by atoms with Crippen LogP contribution in [0.25, 0.3) is 0 Å². The van der Waals surface area contributed by atoms with Crippen molar-refractivity contribution >= 4 is 0 Å². The number of hydrogen-bond donors (Lipinski definition) is 2. The molecule has 26 heavy (non-hydrogen) atoms. The van der Waals surface area contributed by atoms with Crippen LogP contribution in [0, 0.1) is 58.2 Å². The Bertz CT molecular complexity index is 769. The molecule has 0 saturated heterocycles. The molecule has 0 aromatic heterocycles. The van der Waals surface area contributed by atoms with Crippen molar-refractivity contribution < 1.29 is 49.0 Å². The predicted molar refractivity (Wildman–Crippen MR) is 64.4 cm³/mol. The lowest BCUT2D eigenvalue weighted by Gasteiger charge is -2.22. The monoisotopic (exact) mass is 393 g/mol. The van der Waals surface area contributed by atoms with Crippen molar-refractivity contribution in [2.24, 2.45) is 5.73 Å². The van der Waals surface area contributed by atoms with Crippen LogP contribution in [0.2, 0.25) is 0 Å². The Morgan fingerprint density at radius 3 is 1.00 bits per heavy atom. The number of hydrogen-bond acceptors (Lipinski definition) is 2. The fraction of sp³-hybridized carbons (Fsp3) is 0.143. The summed E-state index contributed by atoms with van der Waals surface area (Å²) in [6.45, 7) is 0. The Hall–Kier alpha value is -2.34. The van der Waals surface area contributed by atoms with Crippen LogP contribution in [0.1, 0.15) is 23.3 Å². The number of aliphatic hydroxyl groups is 1. The van der Waals surface area contributed by atoms with Crippen LogP contribution < -0.4 is 5.73 Å². The van der Waals surface area contributed by atoms with Crippen molar-refractivity contribution in [3.63, 3.8) is 0 Å². The molecule has 12 heteroatoms. The first-order valence-electron chi connectivity index (χ1n) is 6.39. The average molecular weight is 393 g/mol. The topological polar surface area (TPSA) is 46.2 Å². The first-order valence-corrected chi connectivity index (χ1v) is 6.39. The zero-order valence-corrected chi connectivity index (χ0v) is 12.0. The van der Waals surface area contributed by atoms with Crippen molar-refractivity contribution in [1.82, 2.24) is 0 Å². The third-order valence-electron chi connectivity index (χ3n) is 3.46. The summed E-state index contributed by atoms with van der Waals surface area (Å²) in [6.07, 6.45) is -3.05. The van der Waals surface area contributed by atoms with E-state index in [2.05, 4.69) is 0 Å². The molecule has 2 nitrogen and oxygen atoms in total. The van der Waals surface area contributed by atoms with Gasteiger partial charge in [-0.25, -0.2) is 43.9 Å². The van der Waals surface area contributed by atoms with Gasteiger partial charge in [-0.15, -0.1) is 0 Å². The van der Waals surface area contributed by atoms with Gasteiger partial charge in [0.2, 0.25) is 11.6 Å². The van der Waals surface area contributed by atoms with Crippen LogP contribution in [-0.4, -0.2) is 5.11 Å².